The summed E-state index contributed by atoms with van der Waals surface area (Å²) >= 11 is 4.98. The highest BCUT2D eigenvalue weighted by molar-refractivity contribution is 9.10. The number of esters is 1. The molecule has 10 heteroatoms. The second-order valence-corrected chi connectivity index (χ2v) is 9.84. The zero-order valence-electron chi connectivity index (χ0n) is 18.0. The fraction of sp³-hybridized carbons (Fsp3) is 0.348. The average molecular weight is 531 g/mol. The first-order valence-corrected chi connectivity index (χ1v) is 12.4. The van der Waals surface area contributed by atoms with Gasteiger partial charge in [-0.25, -0.2) is 0 Å². The van der Waals surface area contributed by atoms with E-state index in [-0.39, 0.29) is 23.8 Å². The standard InChI is InChI=1S/C23H23BrN4O4S/c1-2-31-22(30)14-8-10-27(11-9-14)18(15-5-3-6-16(24)13-15)19-21(29)28-23(33-19)25-20(26-28)17-7-4-12-32-17/h3-7,12-14,18,29H,2,8-11H2,1H3. The Kier molecular flexibility index (Phi) is 6.22. The molecule has 1 unspecified atom stereocenters. The Morgan fingerprint density at radius 2 is 2.15 bits per heavy atom. The van der Waals surface area contributed by atoms with Crippen molar-refractivity contribution in [1.82, 2.24) is 19.5 Å². The molecule has 0 saturated carbocycles. The monoisotopic (exact) mass is 530 g/mol. The second-order valence-electron chi connectivity index (χ2n) is 7.92. The van der Waals surface area contributed by atoms with Crippen LogP contribution in [0.15, 0.2) is 51.6 Å². The van der Waals surface area contributed by atoms with Crippen LogP contribution in [0, 0.1) is 5.92 Å². The minimum Gasteiger partial charge on any atom is -0.492 e. The molecule has 1 atom stereocenters. The number of nitrogens with zero attached hydrogens (tertiary/aromatic N) is 4. The number of piperidine rings is 1. The van der Waals surface area contributed by atoms with E-state index in [4.69, 9.17) is 9.15 Å². The summed E-state index contributed by atoms with van der Waals surface area (Å²) in [7, 11) is 0. The van der Waals surface area contributed by atoms with Gasteiger partial charge in [0, 0.05) is 4.47 Å². The Hall–Kier alpha value is -2.69. The molecule has 5 rings (SSSR count). The lowest BCUT2D eigenvalue weighted by molar-refractivity contribution is -0.149. The van der Waals surface area contributed by atoms with Crippen molar-refractivity contribution < 1.29 is 19.1 Å². The number of thiazole rings is 1. The predicted octanol–water partition coefficient (Wildman–Crippen LogP) is 4.88. The van der Waals surface area contributed by atoms with E-state index >= 15 is 0 Å². The van der Waals surface area contributed by atoms with Crippen molar-refractivity contribution in [2.45, 2.75) is 25.8 Å². The SMILES string of the molecule is CCOC(=O)C1CCN(C(c2cccc(Br)c2)c2sc3nc(-c4ccco4)nn3c2O)CC1. The van der Waals surface area contributed by atoms with Gasteiger partial charge in [0.2, 0.25) is 16.7 Å². The van der Waals surface area contributed by atoms with Crippen LogP contribution in [-0.2, 0) is 9.53 Å². The maximum absolute atomic E-state index is 12.2. The van der Waals surface area contributed by atoms with E-state index in [9.17, 15) is 9.90 Å². The van der Waals surface area contributed by atoms with Crippen molar-refractivity contribution in [3.63, 3.8) is 0 Å². The topological polar surface area (TPSA) is 93.1 Å². The molecule has 1 aromatic carbocycles. The van der Waals surface area contributed by atoms with Gasteiger partial charge in [0.15, 0.2) is 5.76 Å². The summed E-state index contributed by atoms with van der Waals surface area (Å²) in [4.78, 5) is 20.4. The molecule has 1 fully saturated rings. The number of aromatic hydroxyl groups is 1. The molecule has 1 N–H and O–H groups in total. The van der Waals surface area contributed by atoms with Crippen molar-refractivity contribution in [2.24, 2.45) is 5.92 Å². The number of rotatable bonds is 6. The molecule has 4 heterocycles. The molecule has 4 aromatic rings. The molecule has 8 nitrogen and oxygen atoms in total. The summed E-state index contributed by atoms with van der Waals surface area (Å²) < 4.78 is 13.0. The van der Waals surface area contributed by atoms with E-state index in [1.54, 1.807) is 18.4 Å². The lowest BCUT2D eigenvalue weighted by atomic mass is 9.93. The van der Waals surface area contributed by atoms with Gasteiger partial charge in [0.05, 0.1) is 29.7 Å². The lowest BCUT2D eigenvalue weighted by Gasteiger charge is -2.36. The van der Waals surface area contributed by atoms with E-state index in [0.717, 1.165) is 14.9 Å². The number of carbonyl (C=O) groups is 1. The van der Waals surface area contributed by atoms with Gasteiger partial charge in [-0.3, -0.25) is 9.69 Å². The van der Waals surface area contributed by atoms with Crippen LogP contribution >= 0.6 is 27.3 Å². The van der Waals surface area contributed by atoms with Crippen LogP contribution in [-0.4, -0.2) is 50.3 Å². The Morgan fingerprint density at radius 1 is 1.33 bits per heavy atom. The lowest BCUT2D eigenvalue weighted by Crippen LogP contribution is -2.39. The summed E-state index contributed by atoms with van der Waals surface area (Å²) in [6.45, 7) is 3.66. The quantitative estimate of drug-likeness (QED) is 0.355. The molecular formula is C23H23BrN4O4S. The molecule has 0 amide bonds. The largest absolute Gasteiger partial charge is 0.492 e. The van der Waals surface area contributed by atoms with Gasteiger partial charge >= 0.3 is 5.97 Å². The van der Waals surface area contributed by atoms with Crippen LogP contribution in [0.2, 0.25) is 0 Å². The van der Waals surface area contributed by atoms with Gasteiger partial charge in [0.1, 0.15) is 0 Å². The smallest absolute Gasteiger partial charge is 0.309 e. The fourth-order valence-corrected chi connectivity index (χ4v) is 5.83. The number of aromatic nitrogens is 3. The molecule has 0 bridgehead atoms. The van der Waals surface area contributed by atoms with Crippen molar-refractivity contribution in [2.75, 3.05) is 19.7 Å². The van der Waals surface area contributed by atoms with Crippen LogP contribution in [0.3, 0.4) is 0 Å². The third kappa shape index (κ3) is 4.30. The first kappa shape index (κ1) is 22.1. The summed E-state index contributed by atoms with van der Waals surface area (Å²) in [5.41, 5.74) is 1.05. The highest BCUT2D eigenvalue weighted by atomic mass is 79.9. The number of carbonyl (C=O) groups excluding carboxylic acids is 1. The van der Waals surface area contributed by atoms with Crippen molar-refractivity contribution in [3.8, 4) is 17.5 Å². The first-order valence-electron chi connectivity index (χ1n) is 10.8. The van der Waals surface area contributed by atoms with Crippen molar-refractivity contribution in [1.29, 1.82) is 0 Å². The minimum atomic E-state index is -0.189. The number of hydrogen-bond donors (Lipinski definition) is 1. The van der Waals surface area contributed by atoms with E-state index in [2.05, 4.69) is 43.0 Å². The molecule has 1 saturated heterocycles. The molecule has 0 spiro atoms. The van der Waals surface area contributed by atoms with E-state index < -0.39 is 0 Å². The summed E-state index contributed by atoms with van der Waals surface area (Å²) in [5.74, 6) is 0.843. The van der Waals surface area contributed by atoms with Crippen LogP contribution in [0.5, 0.6) is 5.88 Å². The van der Waals surface area contributed by atoms with Gasteiger partial charge in [-0.05, 0) is 62.7 Å². The maximum atomic E-state index is 12.2. The van der Waals surface area contributed by atoms with Gasteiger partial charge < -0.3 is 14.3 Å². The molecule has 0 radical (unpaired) electrons. The third-order valence-corrected chi connectivity index (χ3v) is 7.43. The number of fused-ring (bicyclic) bond motifs is 1. The predicted molar refractivity (Wildman–Crippen MR) is 127 cm³/mol. The molecule has 33 heavy (non-hydrogen) atoms. The zero-order chi connectivity index (χ0) is 22.9. The Balaban J connectivity index is 1.49. The number of likely N-dealkylation sites (tertiary alicyclic amines) is 1. The average Bonchev–Trinajstić information content (AvgIpc) is 3.54. The third-order valence-electron chi connectivity index (χ3n) is 5.87. The van der Waals surface area contributed by atoms with Gasteiger partial charge in [-0.2, -0.15) is 9.50 Å². The highest BCUT2D eigenvalue weighted by Gasteiger charge is 2.34. The Labute approximate surface area is 202 Å². The van der Waals surface area contributed by atoms with Crippen LogP contribution in [0.25, 0.3) is 16.5 Å². The normalized spacial score (nSPS) is 16.3. The zero-order valence-corrected chi connectivity index (χ0v) is 20.4. The molecule has 1 aliphatic rings. The Bertz CT molecular complexity index is 1260. The van der Waals surface area contributed by atoms with Crippen molar-refractivity contribution >= 4 is 38.2 Å². The molecular weight excluding hydrogens is 508 g/mol. The van der Waals surface area contributed by atoms with Crippen LogP contribution in [0.4, 0.5) is 0 Å². The number of hydrogen-bond acceptors (Lipinski definition) is 8. The van der Waals surface area contributed by atoms with Gasteiger partial charge in [0.25, 0.3) is 0 Å². The summed E-state index contributed by atoms with van der Waals surface area (Å²) in [6.07, 6.45) is 3.00. The summed E-state index contributed by atoms with van der Waals surface area (Å²) in [5, 5.41) is 15.6. The number of halogens is 1. The molecule has 3 aromatic heterocycles. The number of furan rings is 1. The fourth-order valence-electron chi connectivity index (χ4n) is 4.30. The van der Waals surface area contributed by atoms with Gasteiger partial charge in [-0.1, -0.05) is 39.4 Å². The van der Waals surface area contributed by atoms with Crippen LogP contribution in [0.1, 0.15) is 36.2 Å². The molecule has 172 valence electrons. The number of ether oxygens (including phenoxy) is 1. The van der Waals surface area contributed by atoms with Gasteiger partial charge in [-0.15, -0.1) is 5.10 Å². The number of benzene rings is 1. The van der Waals surface area contributed by atoms with E-state index in [1.807, 2.05) is 19.1 Å². The molecule has 0 aliphatic carbocycles. The highest BCUT2D eigenvalue weighted by Crippen LogP contribution is 2.42. The van der Waals surface area contributed by atoms with E-state index in [1.165, 1.54) is 15.9 Å². The van der Waals surface area contributed by atoms with Crippen molar-refractivity contribution in [3.05, 3.63) is 57.6 Å². The first-order chi connectivity index (χ1) is 16.0. The van der Waals surface area contributed by atoms with Crippen LogP contribution < -0.4 is 0 Å². The van der Waals surface area contributed by atoms with E-state index in [0.29, 0.717) is 49.1 Å². The minimum absolute atomic E-state index is 0.0674. The maximum Gasteiger partial charge on any atom is 0.309 e. The second kappa shape index (κ2) is 9.28. The Morgan fingerprint density at radius 3 is 2.82 bits per heavy atom. The molecule has 1 aliphatic heterocycles. The summed E-state index contributed by atoms with van der Waals surface area (Å²) in [6, 6.07) is 11.5.